The molecule has 1 aromatic carbocycles. The van der Waals surface area contributed by atoms with E-state index in [9.17, 15) is 35.9 Å². The molecule has 0 aliphatic rings. The number of ether oxygens (including phenoxy) is 1. The first-order valence-corrected chi connectivity index (χ1v) is 11.2. The molecule has 2 N–H and O–H groups in total. The minimum Gasteiger partial charge on any atom is -0.505 e. The van der Waals surface area contributed by atoms with Crippen molar-refractivity contribution in [2.45, 2.75) is 38.7 Å². The van der Waals surface area contributed by atoms with Crippen LogP contribution >= 0.6 is 0 Å². The van der Waals surface area contributed by atoms with Crippen LogP contribution in [0.5, 0.6) is 11.5 Å². The van der Waals surface area contributed by atoms with E-state index >= 15 is 0 Å². The summed E-state index contributed by atoms with van der Waals surface area (Å²) in [5, 5.41) is 12.9. The van der Waals surface area contributed by atoms with Gasteiger partial charge in [0, 0.05) is 11.6 Å². The highest BCUT2D eigenvalue weighted by Gasteiger charge is 2.37. The van der Waals surface area contributed by atoms with Gasteiger partial charge in [-0.25, -0.2) is 28.2 Å². The lowest BCUT2D eigenvalue weighted by atomic mass is 10.1. The first-order chi connectivity index (χ1) is 18.4. The van der Waals surface area contributed by atoms with Gasteiger partial charge in [-0.3, -0.25) is 9.59 Å². The molecule has 0 saturated heterocycles. The molecule has 1 unspecified atom stereocenters. The molecule has 3 aromatic heterocycles. The van der Waals surface area contributed by atoms with E-state index in [1.54, 1.807) is 5.10 Å². The summed E-state index contributed by atoms with van der Waals surface area (Å²) in [5.74, 6) is -2.27. The third-order valence-electron chi connectivity index (χ3n) is 5.35. The van der Waals surface area contributed by atoms with E-state index in [-0.39, 0.29) is 35.1 Å². The molecule has 4 rings (SSSR count). The molecular formula is C24H21F6N5O4. The third-order valence-corrected chi connectivity index (χ3v) is 5.35. The summed E-state index contributed by atoms with van der Waals surface area (Å²) in [7, 11) is 1.44. The van der Waals surface area contributed by atoms with Gasteiger partial charge in [0.25, 0.3) is 11.1 Å². The number of halogens is 6. The van der Waals surface area contributed by atoms with Gasteiger partial charge in [0.15, 0.2) is 22.9 Å². The molecule has 15 heteroatoms. The molecular weight excluding hydrogens is 536 g/mol. The molecule has 39 heavy (non-hydrogen) atoms. The number of H-pyrrole nitrogens is 1. The van der Waals surface area contributed by atoms with E-state index in [0.717, 1.165) is 16.8 Å². The van der Waals surface area contributed by atoms with Gasteiger partial charge in [-0.2, -0.15) is 18.3 Å². The van der Waals surface area contributed by atoms with Gasteiger partial charge in [0.2, 0.25) is 0 Å². The molecule has 0 amide bonds. The zero-order valence-corrected chi connectivity index (χ0v) is 20.4. The number of benzene rings is 1. The van der Waals surface area contributed by atoms with Crippen molar-refractivity contribution in [2.75, 3.05) is 7.11 Å². The number of pyridine rings is 1. The van der Waals surface area contributed by atoms with Crippen molar-refractivity contribution in [3.05, 3.63) is 74.8 Å². The predicted octanol–water partition coefficient (Wildman–Crippen LogP) is 4.38. The van der Waals surface area contributed by atoms with E-state index in [2.05, 4.69) is 15.1 Å². The van der Waals surface area contributed by atoms with Crippen LogP contribution in [0.1, 0.15) is 25.3 Å². The SMILES string of the molecule is CCCC(F)Cn1cc(F)c2cc(-c3ncc(OC)cn3)c(F)cc2c1=O.O=c1[nH]ncc(O)c1C(F)(F)F. The summed E-state index contributed by atoms with van der Waals surface area (Å²) in [6, 6.07) is 2.12. The van der Waals surface area contributed by atoms with Crippen molar-refractivity contribution in [1.29, 1.82) is 0 Å². The molecule has 0 spiro atoms. The zero-order chi connectivity index (χ0) is 28.9. The van der Waals surface area contributed by atoms with E-state index in [1.165, 1.54) is 25.6 Å². The molecule has 0 aliphatic carbocycles. The van der Waals surface area contributed by atoms with Crippen LogP contribution in [-0.2, 0) is 12.7 Å². The molecule has 0 bridgehead atoms. The van der Waals surface area contributed by atoms with Crippen molar-refractivity contribution in [2.24, 2.45) is 0 Å². The van der Waals surface area contributed by atoms with Crippen molar-refractivity contribution >= 4 is 10.8 Å². The van der Waals surface area contributed by atoms with E-state index in [0.29, 0.717) is 18.4 Å². The van der Waals surface area contributed by atoms with Crippen LogP contribution in [-0.4, -0.2) is 43.1 Å². The third kappa shape index (κ3) is 6.72. The second kappa shape index (κ2) is 12.0. The summed E-state index contributed by atoms with van der Waals surface area (Å²) < 4.78 is 84.5. The van der Waals surface area contributed by atoms with E-state index in [1.807, 2.05) is 6.92 Å². The van der Waals surface area contributed by atoms with Crippen LogP contribution in [0.3, 0.4) is 0 Å². The van der Waals surface area contributed by atoms with Gasteiger partial charge in [0.05, 0.1) is 43.2 Å². The largest absolute Gasteiger partial charge is 0.505 e. The molecule has 9 nitrogen and oxygen atoms in total. The first-order valence-electron chi connectivity index (χ1n) is 11.2. The lowest BCUT2D eigenvalue weighted by Crippen LogP contribution is -2.25. The van der Waals surface area contributed by atoms with Crippen LogP contribution in [0, 0.1) is 11.6 Å². The highest BCUT2D eigenvalue weighted by Crippen LogP contribution is 2.31. The Morgan fingerprint density at radius 2 is 1.74 bits per heavy atom. The quantitative estimate of drug-likeness (QED) is 0.338. The number of hydrogen-bond acceptors (Lipinski definition) is 7. The van der Waals surface area contributed by atoms with Crippen LogP contribution < -0.4 is 15.9 Å². The summed E-state index contributed by atoms with van der Waals surface area (Å²) >= 11 is 0. The van der Waals surface area contributed by atoms with Crippen LogP contribution in [0.4, 0.5) is 26.3 Å². The summed E-state index contributed by atoms with van der Waals surface area (Å²) in [5.41, 5.74) is -3.78. The average molecular weight is 557 g/mol. The second-order valence-electron chi connectivity index (χ2n) is 8.10. The average Bonchev–Trinajstić information content (AvgIpc) is 2.86. The Balaban J connectivity index is 0.000000293. The minimum atomic E-state index is -4.86. The van der Waals surface area contributed by atoms with Crippen molar-refractivity contribution in [3.8, 4) is 22.9 Å². The predicted molar refractivity (Wildman–Crippen MR) is 127 cm³/mol. The smallest absolute Gasteiger partial charge is 0.425 e. The number of aromatic amines is 1. The Morgan fingerprint density at radius 1 is 1.08 bits per heavy atom. The fourth-order valence-corrected chi connectivity index (χ4v) is 3.52. The number of fused-ring (bicyclic) bond motifs is 1. The van der Waals surface area contributed by atoms with Gasteiger partial charge in [0.1, 0.15) is 17.8 Å². The summed E-state index contributed by atoms with van der Waals surface area (Å²) in [6.07, 6.45) is -1.10. The van der Waals surface area contributed by atoms with Crippen LogP contribution in [0.2, 0.25) is 0 Å². The van der Waals surface area contributed by atoms with Gasteiger partial charge in [-0.15, -0.1) is 0 Å². The molecule has 3 heterocycles. The molecule has 0 saturated carbocycles. The fourth-order valence-electron chi connectivity index (χ4n) is 3.52. The molecule has 0 aliphatic heterocycles. The number of rotatable bonds is 6. The lowest BCUT2D eigenvalue weighted by molar-refractivity contribution is -0.140. The maximum atomic E-state index is 14.6. The Labute approximate surface area is 215 Å². The number of hydrogen-bond donors (Lipinski definition) is 2. The fraction of sp³-hybridized carbons (Fsp3) is 0.292. The summed E-state index contributed by atoms with van der Waals surface area (Å²) in [4.78, 5) is 31.0. The van der Waals surface area contributed by atoms with Crippen molar-refractivity contribution in [1.82, 2.24) is 24.7 Å². The molecule has 208 valence electrons. The summed E-state index contributed by atoms with van der Waals surface area (Å²) in [6.45, 7) is 1.54. The topological polar surface area (TPSA) is 123 Å². The molecule has 0 radical (unpaired) electrons. The second-order valence-corrected chi connectivity index (χ2v) is 8.10. The number of alkyl halides is 4. The number of nitrogens with zero attached hydrogens (tertiary/aromatic N) is 4. The van der Waals surface area contributed by atoms with Gasteiger partial charge in [-0.1, -0.05) is 13.3 Å². The lowest BCUT2D eigenvalue weighted by Gasteiger charge is -2.12. The van der Waals surface area contributed by atoms with Gasteiger partial charge < -0.3 is 14.4 Å². The maximum absolute atomic E-state index is 14.6. The molecule has 0 fully saturated rings. The highest BCUT2D eigenvalue weighted by atomic mass is 19.4. The van der Waals surface area contributed by atoms with Gasteiger partial charge >= 0.3 is 6.18 Å². The van der Waals surface area contributed by atoms with Gasteiger partial charge in [-0.05, 0) is 18.6 Å². The number of aromatic nitrogens is 5. The van der Waals surface area contributed by atoms with Crippen LogP contribution in [0.25, 0.3) is 22.2 Å². The maximum Gasteiger partial charge on any atom is 0.425 e. The number of aromatic hydroxyl groups is 1. The minimum absolute atomic E-state index is 0.0329. The monoisotopic (exact) mass is 557 g/mol. The Hall–Kier alpha value is -4.43. The first kappa shape index (κ1) is 29.1. The van der Waals surface area contributed by atoms with Crippen molar-refractivity contribution in [3.63, 3.8) is 0 Å². The van der Waals surface area contributed by atoms with E-state index in [4.69, 9.17) is 9.84 Å². The molecule has 1 atom stereocenters. The Morgan fingerprint density at radius 3 is 2.28 bits per heavy atom. The molecule has 4 aromatic rings. The number of nitrogens with one attached hydrogen (secondary N) is 1. The Bertz CT molecular complexity index is 1570. The van der Waals surface area contributed by atoms with Crippen LogP contribution in [0.15, 0.2) is 46.5 Å². The highest BCUT2D eigenvalue weighted by molar-refractivity contribution is 5.86. The zero-order valence-electron chi connectivity index (χ0n) is 20.4. The standard InChI is InChI=1S/C19H18F3N3O2.C5H3F3N2O2/c1-3-4-11(20)9-25-10-17(22)13-5-15(16(21)6-14(13)19(25)26)18-23-7-12(27-2)8-24-18;6-5(7,8)3-2(11)1-9-10-4(3)12/h5-8,10-11H,3-4,9H2,1-2H3;1H,(H2,10,11,12). The number of methoxy groups -OCH3 is 1. The normalized spacial score (nSPS) is 12.1. The van der Waals surface area contributed by atoms with E-state index < -0.39 is 46.4 Å². The Kier molecular flexibility index (Phi) is 8.93. The van der Waals surface area contributed by atoms with Crippen molar-refractivity contribution < 1.29 is 36.2 Å².